The first-order valence-corrected chi connectivity index (χ1v) is 11.0. The highest BCUT2D eigenvalue weighted by Gasteiger charge is 2.65. The fourth-order valence-corrected chi connectivity index (χ4v) is 8.04. The van der Waals surface area contributed by atoms with Crippen LogP contribution in [0, 0.1) is 52.8 Å². The van der Waals surface area contributed by atoms with Crippen molar-refractivity contribution in [3.05, 3.63) is 0 Å². The Kier molecular flexibility index (Phi) is 4.26. The minimum atomic E-state index is -0.273. The minimum Gasteiger partial charge on any atom is -0.459 e. The van der Waals surface area contributed by atoms with Crippen molar-refractivity contribution in [1.82, 2.24) is 0 Å². The van der Waals surface area contributed by atoms with Gasteiger partial charge in [0.1, 0.15) is 5.60 Å². The van der Waals surface area contributed by atoms with E-state index < -0.39 is 0 Å². The number of hydrogen-bond acceptors (Lipinski definition) is 2. The number of esters is 1. The maximum absolute atomic E-state index is 12.1. The van der Waals surface area contributed by atoms with Gasteiger partial charge in [0.25, 0.3) is 0 Å². The van der Waals surface area contributed by atoms with Gasteiger partial charge in [0, 0.05) is 17.8 Å². The average molecular weight is 357 g/mol. The van der Waals surface area contributed by atoms with E-state index in [1.807, 2.05) is 6.92 Å². The van der Waals surface area contributed by atoms with Crippen molar-refractivity contribution >= 4 is 5.97 Å². The average Bonchev–Trinajstić information content (AvgIpc) is 3.09. The lowest BCUT2D eigenvalue weighted by molar-refractivity contribution is -0.182. The first kappa shape index (κ1) is 18.4. The molecule has 0 radical (unpaired) electrons. The van der Waals surface area contributed by atoms with E-state index in [4.69, 9.17) is 11.2 Å². The number of carbonyl (C=O) groups is 1. The predicted molar refractivity (Wildman–Crippen MR) is 104 cm³/mol. The van der Waals surface area contributed by atoms with Crippen molar-refractivity contribution < 1.29 is 9.53 Å². The monoisotopic (exact) mass is 356 g/mol. The minimum absolute atomic E-state index is 0.0279. The van der Waals surface area contributed by atoms with Crippen LogP contribution in [0.3, 0.4) is 0 Å². The molecule has 4 aliphatic carbocycles. The molecule has 2 heteroatoms. The molecule has 0 aromatic rings. The molecule has 4 saturated carbocycles. The predicted octanol–water partition coefficient (Wildman–Crippen LogP) is 5.60. The standard InChI is InChI=1S/C24H36O2/c1-6-16-14-17-8-9-18-19(22(17,3)15-16)10-12-23(4)20(18)11-13-24(23,5)26-21(25)7-2/h1,16-20H,7-15H2,2-5H3/t16-,17?,18?,19?,20?,22-,23-,24-/m0/s1. The quantitative estimate of drug-likeness (QED) is 0.475. The molecule has 2 nitrogen and oxygen atoms in total. The molecule has 4 rings (SSSR count). The van der Waals surface area contributed by atoms with Crippen LogP contribution in [-0.2, 0) is 9.53 Å². The van der Waals surface area contributed by atoms with E-state index in [2.05, 4.69) is 26.7 Å². The Hall–Kier alpha value is -0.970. The summed E-state index contributed by atoms with van der Waals surface area (Å²) in [6.07, 6.45) is 16.3. The Morgan fingerprint density at radius 3 is 2.54 bits per heavy atom. The summed E-state index contributed by atoms with van der Waals surface area (Å²) in [6.45, 7) is 9.11. The number of terminal acetylenes is 1. The molecule has 4 fully saturated rings. The second-order valence-corrected chi connectivity index (χ2v) is 10.5. The van der Waals surface area contributed by atoms with Crippen LogP contribution in [0.4, 0.5) is 0 Å². The normalized spacial score (nSPS) is 52.5. The molecule has 0 bridgehead atoms. The molecule has 0 heterocycles. The molecule has 0 saturated heterocycles. The highest BCUT2D eigenvalue weighted by molar-refractivity contribution is 5.69. The summed E-state index contributed by atoms with van der Waals surface area (Å²) < 4.78 is 6.08. The maximum Gasteiger partial charge on any atom is 0.306 e. The Bertz CT molecular complexity index is 633. The van der Waals surface area contributed by atoms with Crippen LogP contribution in [0.2, 0.25) is 0 Å². The zero-order chi connectivity index (χ0) is 18.7. The van der Waals surface area contributed by atoms with E-state index in [0.29, 0.717) is 23.7 Å². The van der Waals surface area contributed by atoms with Crippen LogP contribution >= 0.6 is 0 Å². The third-order valence-electron chi connectivity index (χ3n) is 9.71. The van der Waals surface area contributed by atoms with Crippen molar-refractivity contribution in [2.45, 2.75) is 91.1 Å². The van der Waals surface area contributed by atoms with Crippen molar-refractivity contribution in [2.24, 2.45) is 40.4 Å². The Morgan fingerprint density at radius 2 is 1.85 bits per heavy atom. The first-order valence-electron chi connectivity index (χ1n) is 11.0. The second kappa shape index (κ2) is 6.02. The number of rotatable bonds is 2. The lowest BCUT2D eigenvalue weighted by Crippen LogP contribution is -2.55. The third-order valence-corrected chi connectivity index (χ3v) is 9.71. The van der Waals surface area contributed by atoms with E-state index in [1.165, 1.54) is 44.9 Å². The van der Waals surface area contributed by atoms with Gasteiger partial charge < -0.3 is 4.74 Å². The van der Waals surface area contributed by atoms with E-state index in [-0.39, 0.29) is 17.0 Å². The van der Waals surface area contributed by atoms with E-state index in [1.54, 1.807) is 0 Å². The number of hydrogen-bond donors (Lipinski definition) is 0. The van der Waals surface area contributed by atoms with Gasteiger partial charge in [0.15, 0.2) is 0 Å². The summed E-state index contributed by atoms with van der Waals surface area (Å²) in [5.74, 6) is 6.71. The zero-order valence-electron chi connectivity index (χ0n) is 17.1. The molecule has 0 amide bonds. The van der Waals surface area contributed by atoms with Crippen LogP contribution in [0.5, 0.6) is 0 Å². The molecule has 4 aliphatic rings. The number of carbonyl (C=O) groups excluding carboxylic acids is 1. The van der Waals surface area contributed by atoms with Crippen molar-refractivity contribution in [2.75, 3.05) is 0 Å². The molecule has 0 spiro atoms. The summed E-state index contributed by atoms with van der Waals surface area (Å²) in [7, 11) is 0. The number of fused-ring (bicyclic) bond motifs is 5. The van der Waals surface area contributed by atoms with Crippen LogP contribution < -0.4 is 0 Å². The van der Waals surface area contributed by atoms with Gasteiger partial charge in [-0.1, -0.05) is 20.8 Å². The molecule has 0 N–H and O–H groups in total. The summed E-state index contributed by atoms with van der Waals surface area (Å²) >= 11 is 0. The molecule has 26 heavy (non-hydrogen) atoms. The van der Waals surface area contributed by atoms with Gasteiger partial charge in [0.05, 0.1) is 0 Å². The largest absolute Gasteiger partial charge is 0.459 e. The van der Waals surface area contributed by atoms with E-state index in [9.17, 15) is 4.79 Å². The Labute approximate surface area is 159 Å². The molecule has 0 aromatic heterocycles. The van der Waals surface area contributed by atoms with Gasteiger partial charge in [0.2, 0.25) is 0 Å². The third kappa shape index (κ3) is 2.35. The summed E-state index contributed by atoms with van der Waals surface area (Å²) in [4.78, 5) is 12.1. The topological polar surface area (TPSA) is 26.3 Å². The summed E-state index contributed by atoms with van der Waals surface area (Å²) in [5, 5.41) is 0. The number of ether oxygens (including phenoxy) is 1. The second-order valence-electron chi connectivity index (χ2n) is 10.5. The van der Waals surface area contributed by atoms with Crippen LogP contribution in [0.15, 0.2) is 0 Å². The summed E-state index contributed by atoms with van der Waals surface area (Å²) in [5.41, 5.74) is 0.317. The van der Waals surface area contributed by atoms with Gasteiger partial charge in [-0.15, -0.1) is 12.3 Å². The van der Waals surface area contributed by atoms with Crippen molar-refractivity contribution in [1.29, 1.82) is 0 Å². The molecule has 8 atom stereocenters. The smallest absolute Gasteiger partial charge is 0.306 e. The van der Waals surface area contributed by atoms with Crippen LogP contribution in [0.1, 0.15) is 85.5 Å². The van der Waals surface area contributed by atoms with E-state index >= 15 is 0 Å². The lowest BCUT2D eigenvalue weighted by atomic mass is 9.47. The fraction of sp³-hybridized carbons (Fsp3) is 0.875. The highest BCUT2D eigenvalue weighted by atomic mass is 16.6. The maximum atomic E-state index is 12.1. The van der Waals surface area contributed by atoms with Gasteiger partial charge in [-0.05, 0) is 87.4 Å². The van der Waals surface area contributed by atoms with Gasteiger partial charge in [-0.3, -0.25) is 4.79 Å². The van der Waals surface area contributed by atoms with Crippen molar-refractivity contribution in [3.8, 4) is 12.3 Å². The highest BCUT2D eigenvalue weighted by Crippen LogP contribution is 2.69. The summed E-state index contributed by atoms with van der Waals surface area (Å²) in [6, 6.07) is 0. The molecular weight excluding hydrogens is 320 g/mol. The lowest BCUT2D eigenvalue weighted by Gasteiger charge is -2.58. The SMILES string of the molecule is C#C[C@H]1CC2CCC3C(CC[C@@]4(C)C3CC[C@]4(C)OC(=O)CC)[C@@]2(C)C1. The van der Waals surface area contributed by atoms with Gasteiger partial charge >= 0.3 is 5.97 Å². The first-order chi connectivity index (χ1) is 12.3. The Morgan fingerprint density at radius 1 is 1.12 bits per heavy atom. The fourth-order valence-electron chi connectivity index (χ4n) is 8.04. The van der Waals surface area contributed by atoms with Crippen LogP contribution in [-0.4, -0.2) is 11.6 Å². The van der Waals surface area contributed by atoms with E-state index in [0.717, 1.165) is 24.2 Å². The van der Waals surface area contributed by atoms with Crippen molar-refractivity contribution in [3.63, 3.8) is 0 Å². The zero-order valence-corrected chi connectivity index (χ0v) is 17.1. The molecule has 0 aliphatic heterocycles. The Balaban J connectivity index is 1.60. The van der Waals surface area contributed by atoms with Crippen LogP contribution in [0.25, 0.3) is 0 Å². The van der Waals surface area contributed by atoms with Gasteiger partial charge in [-0.2, -0.15) is 0 Å². The molecule has 144 valence electrons. The molecule has 4 unspecified atom stereocenters. The van der Waals surface area contributed by atoms with Gasteiger partial charge in [-0.25, -0.2) is 0 Å². The molecular formula is C24H36O2. The molecule has 0 aromatic carbocycles.